The van der Waals surface area contributed by atoms with Gasteiger partial charge in [0.15, 0.2) is 0 Å². The lowest BCUT2D eigenvalue weighted by Gasteiger charge is -2.41. The first-order valence-corrected chi connectivity index (χ1v) is 15.2. The van der Waals surface area contributed by atoms with E-state index < -0.39 is 44.8 Å². The Labute approximate surface area is 238 Å². The summed E-state index contributed by atoms with van der Waals surface area (Å²) >= 11 is 2.21. The highest BCUT2D eigenvalue weighted by molar-refractivity contribution is 14.1. The van der Waals surface area contributed by atoms with Gasteiger partial charge in [-0.2, -0.15) is 21.6 Å². The van der Waals surface area contributed by atoms with Crippen molar-refractivity contribution < 1.29 is 54.7 Å². The Morgan fingerprint density at radius 3 is 2.51 bits per heavy atom. The summed E-state index contributed by atoms with van der Waals surface area (Å²) in [5.41, 5.74) is -6.29. The second-order valence-electron chi connectivity index (χ2n) is 9.68. The molecular weight excluding hydrogens is 660 g/mol. The summed E-state index contributed by atoms with van der Waals surface area (Å²) in [7, 11) is -5.78. The fourth-order valence-corrected chi connectivity index (χ4v) is 6.33. The Hall–Kier alpha value is -1.91. The summed E-state index contributed by atoms with van der Waals surface area (Å²) in [4.78, 5) is 23.6. The van der Waals surface area contributed by atoms with Gasteiger partial charge in [0.25, 0.3) is 0 Å². The molecule has 0 aliphatic carbocycles. The van der Waals surface area contributed by atoms with Crippen LogP contribution >= 0.6 is 22.6 Å². The van der Waals surface area contributed by atoms with Gasteiger partial charge in [-0.3, -0.25) is 0 Å². The Bertz CT molecular complexity index is 1170. The second kappa shape index (κ2) is 12.7. The quantitative estimate of drug-likeness (QED) is 0.0597. The molecule has 0 amide bonds. The van der Waals surface area contributed by atoms with Gasteiger partial charge in [-0.25, -0.2) is 9.59 Å². The molecule has 0 unspecified atom stereocenters. The van der Waals surface area contributed by atoms with Crippen LogP contribution in [0.1, 0.15) is 66.2 Å². The minimum atomic E-state index is -5.78. The minimum absolute atomic E-state index is 0.0187. The SMILES string of the molecule is C=C(OS(=O)(=O)C(F)(F)F)[C@H](C)C[C@H]1CC[C@@H]2O[C@@H](CCCOC(=O)c3ccccc3C(=O)O)C[C@]2(CI)O1. The van der Waals surface area contributed by atoms with Crippen LogP contribution in [-0.2, 0) is 28.5 Å². The number of benzene rings is 1. The van der Waals surface area contributed by atoms with Crippen molar-refractivity contribution in [3.05, 3.63) is 47.7 Å². The van der Waals surface area contributed by atoms with Gasteiger partial charge in [-0.15, -0.1) is 0 Å². The van der Waals surface area contributed by atoms with Crippen LogP contribution < -0.4 is 0 Å². The lowest BCUT2D eigenvalue weighted by Crippen LogP contribution is -2.50. The number of allylic oxidation sites excluding steroid dienone is 1. The van der Waals surface area contributed by atoms with E-state index in [1.54, 1.807) is 6.07 Å². The number of aromatic carboxylic acids is 1. The summed E-state index contributed by atoms with van der Waals surface area (Å²) in [6, 6.07) is 5.81. The molecule has 2 fully saturated rings. The van der Waals surface area contributed by atoms with Gasteiger partial charge in [0.2, 0.25) is 0 Å². The third-order valence-corrected chi connectivity index (χ3v) is 9.13. The Kier molecular flexibility index (Phi) is 10.3. The number of halogens is 4. The van der Waals surface area contributed by atoms with E-state index in [1.165, 1.54) is 25.1 Å². The largest absolute Gasteiger partial charge is 0.534 e. The van der Waals surface area contributed by atoms with Crippen molar-refractivity contribution in [2.45, 2.75) is 74.9 Å². The third-order valence-electron chi connectivity index (χ3n) is 6.84. The van der Waals surface area contributed by atoms with E-state index in [4.69, 9.17) is 14.2 Å². The van der Waals surface area contributed by atoms with Crippen LogP contribution in [0.2, 0.25) is 0 Å². The molecule has 14 heteroatoms. The van der Waals surface area contributed by atoms with Gasteiger partial charge in [0.1, 0.15) is 11.4 Å². The van der Waals surface area contributed by atoms with E-state index in [2.05, 4.69) is 33.4 Å². The van der Waals surface area contributed by atoms with Crippen LogP contribution in [-0.4, -0.2) is 65.9 Å². The van der Waals surface area contributed by atoms with Crippen molar-refractivity contribution >= 4 is 44.6 Å². The number of fused-ring (bicyclic) bond motifs is 1. The van der Waals surface area contributed by atoms with Crippen molar-refractivity contribution in [2.75, 3.05) is 11.0 Å². The van der Waals surface area contributed by atoms with Crippen molar-refractivity contribution in [1.29, 1.82) is 0 Å². The van der Waals surface area contributed by atoms with E-state index in [0.29, 0.717) is 36.5 Å². The average Bonchev–Trinajstić information content (AvgIpc) is 3.23. The summed E-state index contributed by atoms with van der Waals surface area (Å²) in [6.07, 6.45) is 2.40. The molecule has 3 rings (SSSR count). The molecule has 2 aliphatic rings. The Morgan fingerprint density at radius 1 is 1.23 bits per heavy atom. The molecule has 9 nitrogen and oxygen atoms in total. The predicted octanol–water partition coefficient (Wildman–Crippen LogP) is 5.24. The number of rotatable bonds is 12. The maximum Gasteiger partial charge on any atom is 0.534 e. The highest BCUT2D eigenvalue weighted by atomic mass is 127. The summed E-state index contributed by atoms with van der Waals surface area (Å²) in [5, 5.41) is 9.23. The average molecular weight is 690 g/mol. The lowest BCUT2D eigenvalue weighted by molar-refractivity contribution is -0.156. The van der Waals surface area contributed by atoms with Crippen molar-refractivity contribution in [3.8, 4) is 0 Å². The van der Waals surface area contributed by atoms with E-state index in [0.717, 1.165) is 0 Å². The van der Waals surface area contributed by atoms with Crippen LogP contribution in [0.5, 0.6) is 0 Å². The first-order valence-electron chi connectivity index (χ1n) is 12.3. The Balaban J connectivity index is 1.49. The molecule has 1 aromatic carbocycles. The number of hydrogen-bond acceptors (Lipinski definition) is 8. The molecule has 2 aliphatic heterocycles. The molecule has 0 radical (unpaired) electrons. The molecule has 2 saturated heterocycles. The number of carboxylic acid groups (broad SMARTS) is 1. The van der Waals surface area contributed by atoms with Crippen LogP contribution in [0.3, 0.4) is 0 Å². The molecule has 0 bridgehead atoms. The molecule has 0 saturated carbocycles. The summed E-state index contributed by atoms with van der Waals surface area (Å²) in [6.45, 7) is 4.99. The summed E-state index contributed by atoms with van der Waals surface area (Å²) in [5.74, 6) is -3.13. The number of esters is 1. The first-order chi connectivity index (χ1) is 18.2. The van der Waals surface area contributed by atoms with Crippen LogP contribution in [0, 0.1) is 5.92 Å². The molecule has 1 N–H and O–H groups in total. The standard InChI is InChI=1S/C25H30F3IO9S/c1-15(16(2)38-39(33,34)25(26,27)28)12-17-9-10-21-24(14-29,37-17)13-18(36-21)6-5-11-35-23(32)20-8-4-3-7-19(20)22(30)31/h3-4,7-8,15,17-18,21H,2,5-6,9-14H2,1H3,(H,30,31)/t15-,17-,18+,21+,24-/m1/s1. The molecule has 2 heterocycles. The number of ether oxygens (including phenoxy) is 3. The van der Waals surface area contributed by atoms with Crippen molar-refractivity contribution in [1.82, 2.24) is 0 Å². The zero-order valence-electron chi connectivity index (χ0n) is 21.1. The van der Waals surface area contributed by atoms with Crippen LogP contribution in [0.15, 0.2) is 36.6 Å². The Morgan fingerprint density at radius 2 is 1.90 bits per heavy atom. The zero-order chi connectivity index (χ0) is 29.0. The van der Waals surface area contributed by atoms with Gasteiger partial charge in [-0.05, 0) is 44.2 Å². The topological polar surface area (TPSA) is 125 Å². The predicted molar refractivity (Wildman–Crippen MR) is 141 cm³/mol. The maximum absolute atomic E-state index is 12.6. The fourth-order valence-electron chi connectivity index (χ4n) is 4.81. The lowest BCUT2D eigenvalue weighted by atomic mass is 9.86. The van der Waals surface area contributed by atoms with Gasteiger partial charge in [-0.1, -0.05) is 48.2 Å². The highest BCUT2D eigenvalue weighted by Crippen LogP contribution is 2.45. The molecule has 1 aromatic rings. The monoisotopic (exact) mass is 690 g/mol. The number of carbonyl (C=O) groups is 2. The molecule has 0 spiro atoms. The molecule has 39 heavy (non-hydrogen) atoms. The van der Waals surface area contributed by atoms with E-state index in [9.17, 15) is 36.3 Å². The summed E-state index contributed by atoms with van der Waals surface area (Å²) < 4.78 is 83.1. The zero-order valence-corrected chi connectivity index (χ0v) is 24.1. The normalized spacial score (nSPS) is 25.9. The number of carboxylic acids is 1. The first kappa shape index (κ1) is 31.6. The maximum atomic E-state index is 12.6. The number of carbonyl (C=O) groups excluding carboxylic acids is 1. The highest BCUT2D eigenvalue weighted by Gasteiger charge is 2.53. The van der Waals surface area contributed by atoms with Crippen LogP contribution in [0.25, 0.3) is 0 Å². The van der Waals surface area contributed by atoms with Gasteiger partial charge < -0.3 is 23.5 Å². The van der Waals surface area contributed by atoms with Crippen molar-refractivity contribution in [3.63, 3.8) is 0 Å². The molecule has 5 atom stereocenters. The van der Waals surface area contributed by atoms with Gasteiger partial charge in [0, 0.05) is 16.8 Å². The number of hydrogen-bond donors (Lipinski definition) is 1. The second-order valence-corrected chi connectivity index (χ2v) is 12.0. The van der Waals surface area contributed by atoms with Gasteiger partial charge >= 0.3 is 27.6 Å². The van der Waals surface area contributed by atoms with Crippen LogP contribution in [0.4, 0.5) is 13.2 Å². The number of alkyl halides is 4. The fraction of sp³-hybridized carbons (Fsp3) is 0.600. The third kappa shape index (κ3) is 7.64. The molecular formula is C25H30F3IO9S. The molecule has 218 valence electrons. The molecule has 0 aromatic heterocycles. The smallest absolute Gasteiger partial charge is 0.478 e. The minimum Gasteiger partial charge on any atom is -0.478 e. The van der Waals surface area contributed by atoms with E-state index >= 15 is 0 Å². The van der Waals surface area contributed by atoms with E-state index in [-0.39, 0.29) is 42.5 Å². The van der Waals surface area contributed by atoms with Crippen molar-refractivity contribution in [2.24, 2.45) is 5.92 Å². The van der Waals surface area contributed by atoms with Gasteiger partial charge in [0.05, 0.1) is 36.0 Å². The van der Waals surface area contributed by atoms with E-state index in [1.807, 2.05) is 0 Å².